The van der Waals surface area contributed by atoms with E-state index in [9.17, 15) is 0 Å². The maximum Gasteiger partial charge on any atom is 0.140 e. The van der Waals surface area contributed by atoms with Crippen molar-refractivity contribution in [3.8, 4) is 12.3 Å². The lowest BCUT2D eigenvalue weighted by Gasteiger charge is -2.37. The zero-order chi connectivity index (χ0) is 11.3. The Labute approximate surface area is 110 Å². The van der Waals surface area contributed by atoms with Gasteiger partial charge in [0.2, 0.25) is 0 Å². The summed E-state index contributed by atoms with van der Waals surface area (Å²) in [4.78, 5) is 0. The Morgan fingerprint density at radius 2 is 1.81 bits per heavy atom. The molecule has 0 heterocycles. The van der Waals surface area contributed by atoms with Gasteiger partial charge in [-0.25, -0.2) is 0 Å². The third-order valence-corrected chi connectivity index (χ3v) is 3.09. The van der Waals surface area contributed by atoms with Gasteiger partial charge >= 0.3 is 0 Å². The third kappa shape index (κ3) is 4.00. The fourth-order valence-corrected chi connectivity index (χ4v) is 1.63. The summed E-state index contributed by atoms with van der Waals surface area (Å²) in [5.74, 6) is 2.78. The SMILES string of the molecule is C#CC[N@@+](C)(Cc1ccccc1)C(C)C.[Br-]. The average Bonchev–Trinajstić information content (AvgIpc) is 2.19. The first kappa shape index (κ1) is 15.2. The van der Waals surface area contributed by atoms with Gasteiger partial charge in [0.1, 0.15) is 13.1 Å². The Balaban J connectivity index is 0.00000225. The molecule has 0 aliphatic rings. The third-order valence-electron chi connectivity index (χ3n) is 3.09. The Bertz CT molecular complexity index is 340. The van der Waals surface area contributed by atoms with E-state index >= 15 is 0 Å². The van der Waals surface area contributed by atoms with Crippen LogP contribution in [-0.4, -0.2) is 24.1 Å². The molecule has 0 aromatic heterocycles. The van der Waals surface area contributed by atoms with E-state index < -0.39 is 0 Å². The van der Waals surface area contributed by atoms with Crippen LogP contribution < -0.4 is 17.0 Å². The van der Waals surface area contributed by atoms with Crippen LogP contribution in [0.1, 0.15) is 19.4 Å². The number of hydrogen-bond acceptors (Lipinski definition) is 0. The normalized spacial score (nSPS) is 13.7. The molecule has 0 saturated carbocycles. The lowest BCUT2D eigenvalue weighted by molar-refractivity contribution is -0.936. The van der Waals surface area contributed by atoms with Crippen molar-refractivity contribution in [2.24, 2.45) is 0 Å². The van der Waals surface area contributed by atoms with Crippen LogP contribution in [0.2, 0.25) is 0 Å². The molecule has 16 heavy (non-hydrogen) atoms. The summed E-state index contributed by atoms with van der Waals surface area (Å²) in [6, 6.07) is 11.1. The van der Waals surface area contributed by atoms with Crippen molar-refractivity contribution < 1.29 is 21.5 Å². The maximum atomic E-state index is 5.44. The van der Waals surface area contributed by atoms with Gasteiger partial charge in [0.05, 0.1) is 13.1 Å². The van der Waals surface area contributed by atoms with Crippen LogP contribution in [0.15, 0.2) is 30.3 Å². The molecule has 1 aromatic rings. The molecule has 1 rings (SSSR count). The molecule has 0 saturated heterocycles. The van der Waals surface area contributed by atoms with Gasteiger partial charge in [-0.05, 0) is 19.8 Å². The zero-order valence-electron chi connectivity index (χ0n) is 10.3. The van der Waals surface area contributed by atoms with E-state index in [-0.39, 0.29) is 17.0 Å². The largest absolute Gasteiger partial charge is 1.00 e. The fraction of sp³-hybridized carbons (Fsp3) is 0.429. The Kier molecular flexibility index (Phi) is 6.40. The van der Waals surface area contributed by atoms with Gasteiger partial charge in [-0.1, -0.05) is 30.3 Å². The van der Waals surface area contributed by atoms with Crippen LogP contribution in [0, 0.1) is 12.3 Å². The van der Waals surface area contributed by atoms with E-state index in [0.717, 1.165) is 17.6 Å². The highest BCUT2D eigenvalue weighted by molar-refractivity contribution is 5.13. The predicted octanol–water partition coefficient (Wildman–Crippen LogP) is -0.321. The summed E-state index contributed by atoms with van der Waals surface area (Å²) < 4.78 is 0.903. The molecule has 0 bridgehead atoms. The molecule has 0 aliphatic heterocycles. The second-order valence-corrected chi connectivity index (χ2v) is 4.58. The highest BCUT2D eigenvalue weighted by atomic mass is 79.9. The second kappa shape index (κ2) is 6.73. The van der Waals surface area contributed by atoms with Crippen molar-refractivity contribution in [2.45, 2.75) is 26.4 Å². The number of quaternary nitrogens is 1. The number of halogens is 1. The number of terminal acetylenes is 1. The van der Waals surface area contributed by atoms with E-state index in [1.54, 1.807) is 0 Å². The molecule has 88 valence electrons. The van der Waals surface area contributed by atoms with E-state index in [0.29, 0.717) is 6.04 Å². The van der Waals surface area contributed by atoms with Gasteiger partial charge < -0.3 is 21.5 Å². The van der Waals surface area contributed by atoms with Crippen LogP contribution in [0.25, 0.3) is 0 Å². The average molecular weight is 282 g/mol. The number of nitrogens with zero attached hydrogens (tertiary/aromatic N) is 1. The molecule has 2 heteroatoms. The molecule has 0 fully saturated rings. The summed E-state index contributed by atoms with van der Waals surface area (Å²) in [7, 11) is 2.22. The molecule has 0 amide bonds. The molecule has 0 spiro atoms. The molecule has 0 N–H and O–H groups in total. The quantitative estimate of drug-likeness (QED) is 0.524. The first-order chi connectivity index (χ1) is 7.08. The first-order valence-electron chi connectivity index (χ1n) is 5.40. The Morgan fingerprint density at radius 3 is 2.25 bits per heavy atom. The zero-order valence-corrected chi connectivity index (χ0v) is 11.9. The Morgan fingerprint density at radius 1 is 1.25 bits per heavy atom. The Hall–Kier alpha value is -0.780. The van der Waals surface area contributed by atoms with Crippen LogP contribution in [-0.2, 0) is 6.54 Å². The van der Waals surface area contributed by atoms with Crippen molar-refractivity contribution >= 4 is 0 Å². The highest BCUT2D eigenvalue weighted by Crippen LogP contribution is 2.15. The van der Waals surface area contributed by atoms with Crippen LogP contribution in [0.3, 0.4) is 0 Å². The summed E-state index contributed by atoms with van der Waals surface area (Å²) in [5, 5.41) is 0. The lowest BCUT2D eigenvalue weighted by atomic mass is 10.1. The van der Waals surface area contributed by atoms with Gasteiger partial charge in [-0.2, -0.15) is 0 Å². The summed E-state index contributed by atoms with van der Waals surface area (Å²) in [6.45, 7) is 6.23. The number of rotatable bonds is 4. The van der Waals surface area contributed by atoms with Crippen LogP contribution in [0.4, 0.5) is 0 Å². The van der Waals surface area contributed by atoms with Crippen molar-refractivity contribution in [1.82, 2.24) is 0 Å². The monoisotopic (exact) mass is 281 g/mol. The molecule has 1 aromatic carbocycles. The number of hydrogen-bond donors (Lipinski definition) is 0. The van der Waals surface area contributed by atoms with Crippen molar-refractivity contribution in [3.63, 3.8) is 0 Å². The van der Waals surface area contributed by atoms with Gasteiger partial charge in [-0.3, -0.25) is 0 Å². The standard InChI is InChI=1S/C14H20N.BrH/c1-5-11-15(4,13(2)3)12-14-9-7-6-8-10-14;/h1,6-10,13H,11-12H2,2-4H3;1H/q+1;/p-1/t15-;/m0./s1. The fourth-order valence-electron chi connectivity index (χ4n) is 1.63. The topological polar surface area (TPSA) is 0 Å². The molecule has 0 aliphatic carbocycles. The lowest BCUT2D eigenvalue weighted by Crippen LogP contribution is -3.00. The van der Waals surface area contributed by atoms with Crippen molar-refractivity contribution in [2.75, 3.05) is 13.6 Å². The molecule has 1 atom stereocenters. The van der Waals surface area contributed by atoms with Crippen LogP contribution >= 0.6 is 0 Å². The van der Waals surface area contributed by atoms with Gasteiger partial charge in [0.15, 0.2) is 0 Å². The predicted molar refractivity (Wildman–Crippen MR) is 65.2 cm³/mol. The smallest absolute Gasteiger partial charge is 0.140 e. The van der Waals surface area contributed by atoms with Crippen LogP contribution in [0.5, 0.6) is 0 Å². The van der Waals surface area contributed by atoms with Gasteiger partial charge in [-0.15, -0.1) is 6.42 Å². The summed E-state index contributed by atoms with van der Waals surface area (Å²) in [5.41, 5.74) is 1.35. The highest BCUT2D eigenvalue weighted by Gasteiger charge is 2.24. The van der Waals surface area contributed by atoms with Gasteiger partial charge in [0.25, 0.3) is 0 Å². The molecule has 1 nitrogen and oxygen atoms in total. The second-order valence-electron chi connectivity index (χ2n) is 4.58. The first-order valence-corrected chi connectivity index (χ1v) is 5.40. The van der Waals surface area contributed by atoms with E-state index in [1.807, 2.05) is 6.07 Å². The van der Waals surface area contributed by atoms with E-state index in [2.05, 4.69) is 51.1 Å². The molecular weight excluding hydrogens is 262 g/mol. The summed E-state index contributed by atoms with van der Waals surface area (Å²) >= 11 is 0. The summed E-state index contributed by atoms with van der Waals surface area (Å²) in [6.07, 6.45) is 5.44. The minimum absolute atomic E-state index is 0. The number of benzene rings is 1. The van der Waals surface area contributed by atoms with Gasteiger partial charge in [0, 0.05) is 5.56 Å². The maximum absolute atomic E-state index is 5.44. The van der Waals surface area contributed by atoms with E-state index in [4.69, 9.17) is 6.42 Å². The molecular formula is C14H20BrN. The minimum Gasteiger partial charge on any atom is -1.00 e. The minimum atomic E-state index is 0. The molecule has 0 radical (unpaired) electrons. The van der Waals surface area contributed by atoms with E-state index in [1.165, 1.54) is 5.56 Å². The van der Waals surface area contributed by atoms with Crippen molar-refractivity contribution in [3.05, 3.63) is 35.9 Å². The molecule has 0 unspecified atom stereocenters. The van der Waals surface area contributed by atoms with Crippen molar-refractivity contribution in [1.29, 1.82) is 0 Å².